The largest absolute Gasteiger partial charge is 0.370 e. The van der Waals surface area contributed by atoms with Crippen LogP contribution in [-0.4, -0.2) is 30.0 Å². The summed E-state index contributed by atoms with van der Waals surface area (Å²) in [6.45, 7) is 3.24. The molecule has 0 bridgehead atoms. The molecule has 3 heteroatoms. The van der Waals surface area contributed by atoms with Crippen molar-refractivity contribution in [1.29, 1.82) is 0 Å². The summed E-state index contributed by atoms with van der Waals surface area (Å²) >= 11 is 0. The van der Waals surface area contributed by atoms with Crippen molar-refractivity contribution < 1.29 is 4.79 Å². The van der Waals surface area contributed by atoms with E-state index in [9.17, 15) is 4.79 Å². The van der Waals surface area contributed by atoms with Crippen LogP contribution in [0.4, 0.5) is 0 Å². The first-order valence-electron chi connectivity index (χ1n) is 3.71. The SMILES string of the molecule is CC(=O)CCN1C=CN=CC1. The fourth-order valence-electron chi connectivity index (χ4n) is 0.873. The van der Waals surface area contributed by atoms with Gasteiger partial charge in [-0.1, -0.05) is 0 Å². The summed E-state index contributed by atoms with van der Waals surface area (Å²) < 4.78 is 0. The van der Waals surface area contributed by atoms with Crippen LogP contribution in [0.5, 0.6) is 0 Å². The average Bonchev–Trinajstić information content (AvgIpc) is 2.03. The van der Waals surface area contributed by atoms with Crippen molar-refractivity contribution in [2.24, 2.45) is 4.99 Å². The zero-order valence-electron chi connectivity index (χ0n) is 6.66. The molecule has 1 heterocycles. The summed E-state index contributed by atoms with van der Waals surface area (Å²) in [5.74, 6) is 0.237. The number of nitrogens with zero attached hydrogens (tertiary/aromatic N) is 2. The van der Waals surface area contributed by atoms with Gasteiger partial charge in [0.25, 0.3) is 0 Å². The Balaban J connectivity index is 2.22. The second-order valence-corrected chi connectivity index (χ2v) is 2.58. The van der Waals surface area contributed by atoms with Crippen LogP contribution in [0.3, 0.4) is 0 Å². The van der Waals surface area contributed by atoms with E-state index in [0.29, 0.717) is 6.42 Å². The third-order valence-corrected chi connectivity index (χ3v) is 1.54. The highest BCUT2D eigenvalue weighted by Gasteiger charge is 2.00. The number of aliphatic imine (C=N–C) groups is 1. The van der Waals surface area contributed by atoms with Gasteiger partial charge in [-0.3, -0.25) is 9.79 Å². The molecule has 0 saturated carbocycles. The molecule has 1 aliphatic rings. The summed E-state index contributed by atoms with van der Waals surface area (Å²) in [5.41, 5.74) is 0. The first-order chi connectivity index (χ1) is 5.29. The van der Waals surface area contributed by atoms with E-state index in [-0.39, 0.29) is 5.78 Å². The fourth-order valence-corrected chi connectivity index (χ4v) is 0.873. The molecule has 3 nitrogen and oxygen atoms in total. The molecule has 0 aromatic rings. The molecule has 0 unspecified atom stereocenters. The lowest BCUT2D eigenvalue weighted by Gasteiger charge is -2.18. The van der Waals surface area contributed by atoms with Crippen molar-refractivity contribution in [3.8, 4) is 0 Å². The lowest BCUT2D eigenvalue weighted by Crippen LogP contribution is -2.23. The number of carbonyl (C=O) groups is 1. The van der Waals surface area contributed by atoms with Gasteiger partial charge in [0.1, 0.15) is 5.78 Å². The normalized spacial score (nSPS) is 15.5. The maximum Gasteiger partial charge on any atom is 0.131 e. The first kappa shape index (κ1) is 7.98. The summed E-state index contributed by atoms with van der Waals surface area (Å²) in [6, 6.07) is 0. The lowest BCUT2D eigenvalue weighted by atomic mass is 10.3. The van der Waals surface area contributed by atoms with Crippen LogP contribution in [0.15, 0.2) is 17.4 Å². The van der Waals surface area contributed by atoms with Gasteiger partial charge < -0.3 is 4.90 Å². The second kappa shape index (κ2) is 3.91. The summed E-state index contributed by atoms with van der Waals surface area (Å²) in [5, 5.41) is 0. The van der Waals surface area contributed by atoms with Gasteiger partial charge in [-0.25, -0.2) is 0 Å². The van der Waals surface area contributed by atoms with E-state index in [2.05, 4.69) is 9.89 Å². The minimum absolute atomic E-state index is 0.237. The molecular weight excluding hydrogens is 140 g/mol. The van der Waals surface area contributed by atoms with Gasteiger partial charge in [-0.05, 0) is 6.92 Å². The second-order valence-electron chi connectivity index (χ2n) is 2.58. The molecule has 0 aromatic heterocycles. The van der Waals surface area contributed by atoms with Crippen LogP contribution in [0.25, 0.3) is 0 Å². The number of Topliss-reactive ketones (excluding diaryl/α,β-unsaturated/α-hetero) is 1. The maximum absolute atomic E-state index is 10.6. The molecule has 60 valence electrons. The van der Waals surface area contributed by atoms with Gasteiger partial charge in [0, 0.05) is 31.6 Å². The predicted octanol–water partition coefficient (Wildman–Crippen LogP) is 0.823. The average molecular weight is 152 g/mol. The molecule has 0 spiro atoms. The summed E-state index contributed by atoms with van der Waals surface area (Å²) in [7, 11) is 0. The van der Waals surface area contributed by atoms with Crippen molar-refractivity contribution in [2.45, 2.75) is 13.3 Å². The van der Waals surface area contributed by atoms with E-state index in [1.807, 2.05) is 12.4 Å². The number of hydrogen-bond donors (Lipinski definition) is 0. The third-order valence-electron chi connectivity index (χ3n) is 1.54. The van der Waals surface area contributed by atoms with Crippen molar-refractivity contribution >= 4 is 12.0 Å². The Kier molecular flexibility index (Phi) is 2.83. The molecule has 0 N–H and O–H groups in total. The smallest absolute Gasteiger partial charge is 0.131 e. The molecular formula is C8H12N2O. The van der Waals surface area contributed by atoms with E-state index >= 15 is 0 Å². The topological polar surface area (TPSA) is 32.7 Å². The first-order valence-corrected chi connectivity index (χ1v) is 3.71. The van der Waals surface area contributed by atoms with E-state index in [0.717, 1.165) is 13.1 Å². The summed E-state index contributed by atoms with van der Waals surface area (Å²) in [6.07, 6.45) is 6.10. The molecule has 0 amide bonds. The molecule has 0 aromatic carbocycles. The minimum Gasteiger partial charge on any atom is -0.370 e. The van der Waals surface area contributed by atoms with Gasteiger partial charge in [0.2, 0.25) is 0 Å². The Hall–Kier alpha value is -1.12. The van der Waals surface area contributed by atoms with Gasteiger partial charge in [-0.15, -0.1) is 0 Å². The Morgan fingerprint density at radius 2 is 2.55 bits per heavy atom. The van der Waals surface area contributed by atoms with Crippen molar-refractivity contribution in [3.05, 3.63) is 12.4 Å². The molecule has 0 atom stereocenters. The standard InChI is InChI=1S/C8H12N2O/c1-8(11)2-5-10-6-3-9-4-7-10/h3-4,6H,2,5,7H2,1H3. The Morgan fingerprint density at radius 3 is 3.09 bits per heavy atom. The van der Waals surface area contributed by atoms with Crippen molar-refractivity contribution in [2.75, 3.05) is 13.1 Å². The number of rotatable bonds is 3. The van der Waals surface area contributed by atoms with E-state index in [1.165, 1.54) is 0 Å². The molecule has 0 fully saturated rings. The number of ketones is 1. The Bertz CT molecular complexity index is 196. The molecule has 11 heavy (non-hydrogen) atoms. The molecule has 1 aliphatic heterocycles. The van der Waals surface area contributed by atoms with Crippen LogP contribution >= 0.6 is 0 Å². The number of carbonyl (C=O) groups excluding carboxylic acids is 1. The van der Waals surface area contributed by atoms with Crippen LogP contribution in [0.1, 0.15) is 13.3 Å². The van der Waals surface area contributed by atoms with Crippen LogP contribution in [0.2, 0.25) is 0 Å². The van der Waals surface area contributed by atoms with Crippen molar-refractivity contribution in [1.82, 2.24) is 4.90 Å². The van der Waals surface area contributed by atoms with Crippen molar-refractivity contribution in [3.63, 3.8) is 0 Å². The molecule has 1 rings (SSSR count). The highest BCUT2D eigenvalue weighted by atomic mass is 16.1. The van der Waals surface area contributed by atoms with Crippen LogP contribution in [0, 0.1) is 0 Å². The minimum atomic E-state index is 0.237. The molecule has 0 aliphatic carbocycles. The van der Waals surface area contributed by atoms with Gasteiger partial charge in [0.15, 0.2) is 0 Å². The zero-order valence-corrected chi connectivity index (χ0v) is 6.66. The highest BCUT2D eigenvalue weighted by molar-refractivity contribution is 5.75. The summed E-state index contributed by atoms with van der Waals surface area (Å²) in [4.78, 5) is 16.6. The third kappa shape index (κ3) is 2.98. The van der Waals surface area contributed by atoms with E-state index < -0.39 is 0 Å². The predicted molar refractivity (Wildman–Crippen MR) is 44.5 cm³/mol. The Labute approximate surface area is 66.4 Å². The quantitative estimate of drug-likeness (QED) is 0.600. The molecule has 0 radical (unpaired) electrons. The van der Waals surface area contributed by atoms with Crippen LogP contribution in [-0.2, 0) is 4.79 Å². The lowest BCUT2D eigenvalue weighted by molar-refractivity contribution is -0.117. The van der Waals surface area contributed by atoms with Gasteiger partial charge in [0.05, 0.1) is 6.54 Å². The number of hydrogen-bond acceptors (Lipinski definition) is 3. The highest BCUT2D eigenvalue weighted by Crippen LogP contribution is 1.96. The maximum atomic E-state index is 10.6. The van der Waals surface area contributed by atoms with E-state index in [1.54, 1.807) is 13.1 Å². The van der Waals surface area contributed by atoms with Gasteiger partial charge >= 0.3 is 0 Å². The monoisotopic (exact) mass is 152 g/mol. The van der Waals surface area contributed by atoms with Gasteiger partial charge in [-0.2, -0.15) is 0 Å². The zero-order chi connectivity index (χ0) is 8.10. The fraction of sp³-hybridized carbons (Fsp3) is 0.500. The van der Waals surface area contributed by atoms with Crippen LogP contribution < -0.4 is 0 Å². The Morgan fingerprint density at radius 1 is 1.73 bits per heavy atom. The molecule has 0 saturated heterocycles. The van der Waals surface area contributed by atoms with E-state index in [4.69, 9.17) is 0 Å².